The van der Waals surface area contributed by atoms with E-state index in [-0.39, 0.29) is 28.8 Å². The Morgan fingerprint density at radius 2 is 1.59 bits per heavy atom. The molecule has 0 aromatic heterocycles. The summed E-state index contributed by atoms with van der Waals surface area (Å²) in [6.07, 6.45) is 10.6. The van der Waals surface area contributed by atoms with E-state index >= 15 is 0 Å². The van der Waals surface area contributed by atoms with Gasteiger partial charge in [0.05, 0.1) is 6.04 Å². The molecule has 0 aromatic rings. The van der Waals surface area contributed by atoms with Crippen molar-refractivity contribution >= 4 is 11.9 Å². The zero-order valence-electron chi connectivity index (χ0n) is 20.5. The van der Waals surface area contributed by atoms with Gasteiger partial charge in [-0.2, -0.15) is 0 Å². The SMILES string of the molecule is CC1(C)CC2CC(C)(C1)C1N2C2[NH2+]C3CCCCC3CC2CC12C(=O)OC(C)(C)OC2=O. The number of quaternary nitrogens is 1. The van der Waals surface area contributed by atoms with E-state index in [0.29, 0.717) is 36.5 Å². The zero-order valence-corrected chi connectivity index (χ0v) is 20.5. The molecule has 0 radical (unpaired) electrons. The Bertz CT molecular complexity index is 833. The molecule has 0 aromatic carbocycles. The van der Waals surface area contributed by atoms with Crippen molar-refractivity contribution in [1.29, 1.82) is 0 Å². The second-order valence-corrected chi connectivity index (χ2v) is 13.6. The van der Waals surface area contributed by atoms with E-state index < -0.39 is 11.2 Å². The second kappa shape index (κ2) is 6.50. The topological polar surface area (TPSA) is 72.5 Å². The predicted octanol–water partition coefficient (Wildman–Crippen LogP) is 2.95. The standard InChI is InChI=1S/C26H40N2O4/c1-23(2)12-17-13-25(5,14-23)20-26(21(29)31-24(3,4)32-22(26)30)11-16-10-15-8-6-7-9-18(15)27-19(16)28(17)20/h15-20,27H,6-14H2,1-5H3/p+1. The molecule has 6 heteroatoms. The fourth-order valence-electron chi connectivity index (χ4n) is 9.66. The minimum absolute atomic E-state index is 0.0891. The molecule has 6 nitrogen and oxygen atoms in total. The van der Waals surface area contributed by atoms with Gasteiger partial charge in [0, 0.05) is 37.8 Å². The summed E-state index contributed by atoms with van der Waals surface area (Å²) in [6.45, 7) is 10.4. The van der Waals surface area contributed by atoms with E-state index in [1.165, 1.54) is 25.7 Å². The van der Waals surface area contributed by atoms with E-state index in [2.05, 4.69) is 31.0 Å². The number of rotatable bonds is 0. The number of nitrogens with two attached hydrogens (primary N) is 1. The van der Waals surface area contributed by atoms with Crippen LogP contribution in [0.4, 0.5) is 0 Å². The molecule has 4 aliphatic heterocycles. The average molecular weight is 446 g/mol. The molecule has 4 heterocycles. The number of fused-ring (bicyclic) bond motifs is 9. The van der Waals surface area contributed by atoms with Crippen LogP contribution in [-0.2, 0) is 19.1 Å². The van der Waals surface area contributed by atoms with Gasteiger partial charge >= 0.3 is 11.9 Å². The number of nitrogens with zero attached hydrogens (tertiary/aromatic N) is 1. The van der Waals surface area contributed by atoms with Gasteiger partial charge < -0.3 is 14.8 Å². The van der Waals surface area contributed by atoms with Crippen molar-refractivity contribution in [3.05, 3.63) is 0 Å². The maximum absolute atomic E-state index is 13.8. The number of cyclic esters (lactones) is 2. The first-order chi connectivity index (χ1) is 14.9. The van der Waals surface area contributed by atoms with Crippen molar-refractivity contribution in [2.75, 3.05) is 0 Å². The summed E-state index contributed by atoms with van der Waals surface area (Å²) >= 11 is 0. The Balaban J connectivity index is 1.47. The molecule has 6 rings (SSSR count). The quantitative estimate of drug-likeness (QED) is 0.458. The van der Waals surface area contributed by atoms with Crippen LogP contribution >= 0.6 is 0 Å². The largest absolute Gasteiger partial charge is 0.422 e. The van der Waals surface area contributed by atoms with Crippen molar-refractivity contribution in [2.24, 2.45) is 28.1 Å². The summed E-state index contributed by atoms with van der Waals surface area (Å²) in [6, 6.07) is 0.992. The molecule has 6 aliphatic rings. The normalized spacial score (nSPS) is 48.3. The molecular weight excluding hydrogens is 404 g/mol. The fraction of sp³-hybridized carbons (Fsp3) is 0.923. The third-order valence-corrected chi connectivity index (χ3v) is 10.1. The number of esters is 2. The Hall–Kier alpha value is -1.14. The number of ether oxygens (including phenoxy) is 2. The molecule has 2 N–H and O–H groups in total. The molecule has 178 valence electrons. The van der Waals surface area contributed by atoms with Gasteiger partial charge in [-0.05, 0) is 62.2 Å². The van der Waals surface area contributed by atoms with Crippen molar-refractivity contribution in [1.82, 2.24) is 4.90 Å². The Kier molecular flexibility index (Phi) is 4.35. The first kappa shape index (κ1) is 21.4. The van der Waals surface area contributed by atoms with Crippen LogP contribution in [0.2, 0.25) is 0 Å². The molecule has 7 atom stereocenters. The van der Waals surface area contributed by atoms with Gasteiger partial charge in [0.1, 0.15) is 6.17 Å². The van der Waals surface area contributed by atoms with Crippen LogP contribution in [0.3, 0.4) is 0 Å². The summed E-state index contributed by atoms with van der Waals surface area (Å²) in [4.78, 5) is 30.3. The van der Waals surface area contributed by atoms with Crippen LogP contribution < -0.4 is 5.32 Å². The summed E-state index contributed by atoms with van der Waals surface area (Å²) in [7, 11) is 0. The number of hydrogen-bond donors (Lipinski definition) is 1. The van der Waals surface area contributed by atoms with Crippen molar-refractivity contribution in [3.8, 4) is 0 Å². The minimum Gasteiger partial charge on any atom is -0.422 e. The molecular formula is C26H41N2O4+. The minimum atomic E-state index is -1.18. The van der Waals surface area contributed by atoms with E-state index in [4.69, 9.17) is 9.47 Å². The lowest BCUT2D eigenvalue weighted by atomic mass is 9.55. The summed E-state index contributed by atoms with van der Waals surface area (Å²) in [5.74, 6) is -0.797. The van der Waals surface area contributed by atoms with Crippen molar-refractivity contribution < 1.29 is 24.4 Å². The number of hydrogen-bond acceptors (Lipinski definition) is 5. The molecule has 32 heavy (non-hydrogen) atoms. The summed E-state index contributed by atoms with van der Waals surface area (Å²) in [5.41, 5.74) is -1.07. The third-order valence-electron chi connectivity index (χ3n) is 10.1. The maximum Gasteiger partial charge on any atom is 0.328 e. The number of piperidine rings is 2. The average Bonchev–Trinajstić information content (AvgIpc) is 2.90. The fourth-order valence-corrected chi connectivity index (χ4v) is 9.66. The highest BCUT2D eigenvalue weighted by atomic mass is 16.7. The third kappa shape index (κ3) is 2.84. The molecule has 2 bridgehead atoms. The lowest BCUT2D eigenvalue weighted by Crippen LogP contribution is -3.04. The molecule has 1 spiro atoms. The molecule has 2 saturated carbocycles. The summed E-state index contributed by atoms with van der Waals surface area (Å²) < 4.78 is 11.7. The Morgan fingerprint density at radius 1 is 0.906 bits per heavy atom. The first-order valence-corrected chi connectivity index (χ1v) is 13.0. The number of carbonyl (C=O) groups excluding carboxylic acids is 2. The van der Waals surface area contributed by atoms with Gasteiger partial charge in [-0.15, -0.1) is 0 Å². The van der Waals surface area contributed by atoms with E-state index in [9.17, 15) is 9.59 Å². The molecule has 7 unspecified atom stereocenters. The van der Waals surface area contributed by atoms with Gasteiger partial charge in [0.2, 0.25) is 0 Å². The Labute approximate surface area is 192 Å². The van der Waals surface area contributed by atoms with Crippen LogP contribution in [-0.4, -0.2) is 46.9 Å². The molecule has 2 aliphatic carbocycles. The van der Waals surface area contributed by atoms with Crippen LogP contribution in [0.5, 0.6) is 0 Å². The lowest BCUT2D eigenvalue weighted by molar-refractivity contribution is -0.768. The molecule has 6 fully saturated rings. The van der Waals surface area contributed by atoms with E-state index in [1.807, 2.05) is 0 Å². The van der Waals surface area contributed by atoms with Gasteiger partial charge in [-0.1, -0.05) is 27.2 Å². The Morgan fingerprint density at radius 3 is 2.31 bits per heavy atom. The van der Waals surface area contributed by atoms with Gasteiger partial charge in [0.25, 0.3) is 5.79 Å². The highest BCUT2D eigenvalue weighted by Crippen LogP contribution is 2.65. The monoisotopic (exact) mass is 445 g/mol. The van der Waals surface area contributed by atoms with Crippen LogP contribution in [0.15, 0.2) is 0 Å². The van der Waals surface area contributed by atoms with Gasteiger partial charge in [-0.25, -0.2) is 4.90 Å². The van der Waals surface area contributed by atoms with E-state index in [1.54, 1.807) is 13.8 Å². The van der Waals surface area contributed by atoms with Crippen LogP contribution in [0.25, 0.3) is 0 Å². The van der Waals surface area contributed by atoms with Gasteiger partial charge in [-0.3, -0.25) is 9.59 Å². The predicted molar refractivity (Wildman–Crippen MR) is 118 cm³/mol. The summed E-state index contributed by atoms with van der Waals surface area (Å²) in [5, 5.41) is 2.67. The smallest absolute Gasteiger partial charge is 0.328 e. The first-order valence-electron chi connectivity index (χ1n) is 13.0. The highest BCUT2D eigenvalue weighted by Gasteiger charge is 2.75. The zero-order chi connectivity index (χ0) is 22.7. The molecule has 4 saturated heterocycles. The van der Waals surface area contributed by atoms with Crippen molar-refractivity contribution in [3.63, 3.8) is 0 Å². The lowest BCUT2D eigenvalue weighted by Gasteiger charge is -2.58. The van der Waals surface area contributed by atoms with Gasteiger partial charge in [0.15, 0.2) is 5.41 Å². The van der Waals surface area contributed by atoms with Crippen LogP contribution in [0, 0.1) is 28.1 Å². The molecule has 0 amide bonds. The van der Waals surface area contributed by atoms with E-state index in [0.717, 1.165) is 25.7 Å². The van der Waals surface area contributed by atoms with Crippen LogP contribution in [0.1, 0.15) is 92.4 Å². The maximum atomic E-state index is 13.8. The second-order valence-electron chi connectivity index (χ2n) is 13.6. The number of carbonyl (C=O) groups is 2. The highest BCUT2D eigenvalue weighted by molar-refractivity contribution is 6.03. The van der Waals surface area contributed by atoms with Crippen molar-refractivity contribution in [2.45, 2.75) is 122 Å².